The maximum Gasteiger partial charge on any atom is 0.186 e. The highest BCUT2D eigenvalue weighted by molar-refractivity contribution is 5.19. The number of aliphatic hydroxyl groups excluding tert-OH is 4. The number of nitrogens with two attached hydrogens (primary N) is 1. The SMILES string of the molecule is C[C@@H]1O[C@@H](O[C@H]2CC[C@@]3(C)[C@H](CC[C@@H]4[C@@H]3CC[C@]3(C)[C@@H]([C@@H](C)O)CC[C@]43N)C2)[C@H](O)[C@H](O)[C@H]1O. The second kappa shape index (κ2) is 8.64. The van der Waals surface area contributed by atoms with Gasteiger partial charge >= 0.3 is 0 Å². The molecular weight excluding hydrogens is 434 g/mol. The number of ether oxygens (including phenoxy) is 2. The minimum absolute atomic E-state index is 0.0163. The van der Waals surface area contributed by atoms with Gasteiger partial charge in [0, 0.05) is 5.54 Å². The average Bonchev–Trinajstić information content (AvgIpc) is 3.07. The van der Waals surface area contributed by atoms with Crippen molar-refractivity contribution in [2.75, 3.05) is 0 Å². The molecule has 14 atom stereocenters. The summed E-state index contributed by atoms with van der Waals surface area (Å²) in [6.07, 6.45) is 4.12. The average molecular weight is 482 g/mol. The number of aliphatic hydroxyl groups is 4. The number of hydrogen-bond donors (Lipinski definition) is 5. The van der Waals surface area contributed by atoms with Crippen LogP contribution in [0.5, 0.6) is 0 Å². The predicted octanol–water partition coefficient (Wildman–Crippen LogP) is 2.32. The summed E-state index contributed by atoms with van der Waals surface area (Å²) in [6.45, 7) is 8.47. The highest BCUT2D eigenvalue weighted by Crippen LogP contribution is 2.68. The van der Waals surface area contributed by atoms with E-state index >= 15 is 0 Å². The van der Waals surface area contributed by atoms with Gasteiger partial charge in [-0.2, -0.15) is 0 Å². The van der Waals surface area contributed by atoms with E-state index in [-0.39, 0.29) is 28.6 Å². The van der Waals surface area contributed by atoms with Crippen LogP contribution in [-0.2, 0) is 9.47 Å². The summed E-state index contributed by atoms with van der Waals surface area (Å²) in [5.41, 5.74) is 7.40. The van der Waals surface area contributed by atoms with Crippen molar-refractivity contribution in [3.63, 3.8) is 0 Å². The van der Waals surface area contributed by atoms with Gasteiger partial charge in [-0.25, -0.2) is 0 Å². The molecule has 0 aromatic heterocycles. The Bertz CT molecular complexity index is 765. The molecule has 7 heteroatoms. The van der Waals surface area contributed by atoms with Crippen LogP contribution < -0.4 is 5.73 Å². The lowest BCUT2D eigenvalue weighted by atomic mass is 9.42. The standard InChI is InChI=1S/C27H47NO6/c1-14(29)18-9-12-27(28)20-6-5-16-13-17(34-24-23(32)22(31)21(30)15(2)33-24)7-10-25(16,3)19(20)8-11-26(18,27)4/h14-24,29-32H,5-13,28H2,1-4H3/t14-,15+,16-,17+,18-,19+,20-,21+,22-,23-,24+,25+,26-,27+/m1/s1. The van der Waals surface area contributed by atoms with E-state index in [1.54, 1.807) is 6.92 Å². The van der Waals surface area contributed by atoms with Crippen LogP contribution in [0, 0.1) is 34.5 Å². The van der Waals surface area contributed by atoms with Gasteiger partial charge in [0.2, 0.25) is 0 Å². The van der Waals surface area contributed by atoms with E-state index in [9.17, 15) is 20.4 Å². The van der Waals surface area contributed by atoms with E-state index in [1.807, 2.05) is 6.92 Å². The van der Waals surface area contributed by atoms with Gasteiger partial charge in [-0.3, -0.25) is 0 Å². The summed E-state index contributed by atoms with van der Waals surface area (Å²) in [5.74, 6) is 1.95. The normalized spacial score (nSPS) is 58.5. The fourth-order valence-electron chi connectivity index (χ4n) is 9.54. The number of rotatable bonds is 3. The highest BCUT2D eigenvalue weighted by atomic mass is 16.7. The molecule has 0 aromatic carbocycles. The first-order valence-corrected chi connectivity index (χ1v) is 13.7. The quantitative estimate of drug-likeness (QED) is 0.392. The van der Waals surface area contributed by atoms with Gasteiger partial charge in [-0.15, -0.1) is 0 Å². The van der Waals surface area contributed by atoms with E-state index in [4.69, 9.17) is 15.2 Å². The van der Waals surface area contributed by atoms with Crippen molar-refractivity contribution in [2.24, 2.45) is 40.2 Å². The monoisotopic (exact) mass is 481 g/mol. The van der Waals surface area contributed by atoms with Crippen molar-refractivity contribution >= 4 is 0 Å². The first-order chi connectivity index (χ1) is 15.9. The number of fused-ring (bicyclic) bond motifs is 5. The van der Waals surface area contributed by atoms with Gasteiger partial charge in [0.1, 0.15) is 18.3 Å². The summed E-state index contributed by atoms with van der Waals surface area (Å²) < 4.78 is 11.9. The maximum atomic E-state index is 10.5. The lowest BCUT2D eigenvalue weighted by Crippen LogP contribution is -2.67. The van der Waals surface area contributed by atoms with Crippen LogP contribution in [-0.4, -0.2) is 68.9 Å². The molecule has 1 aliphatic heterocycles. The fourth-order valence-corrected chi connectivity index (χ4v) is 9.54. The minimum Gasteiger partial charge on any atom is -0.393 e. The van der Waals surface area contributed by atoms with Crippen molar-refractivity contribution in [3.05, 3.63) is 0 Å². The Morgan fingerprint density at radius 3 is 2.35 bits per heavy atom. The van der Waals surface area contributed by atoms with Gasteiger partial charge in [0.15, 0.2) is 6.29 Å². The Hall–Kier alpha value is -0.280. The van der Waals surface area contributed by atoms with Crippen LogP contribution in [0.1, 0.15) is 85.5 Å². The smallest absolute Gasteiger partial charge is 0.186 e. The van der Waals surface area contributed by atoms with E-state index in [0.29, 0.717) is 23.7 Å². The topological polar surface area (TPSA) is 125 Å². The van der Waals surface area contributed by atoms with Gasteiger partial charge in [-0.05, 0) is 106 Å². The maximum absolute atomic E-state index is 10.5. The van der Waals surface area contributed by atoms with Gasteiger partial charge < -0.3 is 35.6 Å². The molecule has 4 aliphatic carbocycles. The van der Waals surface area contributed by atoms with Crippen molar-refractivity contribution in [1.29, 1.82) is 0 Å². The van der Waals surface area contributed by atoms with Gasteiger partial charge in [-0.1, -0.05) is 13.8 Å². The molecule has 0 unspecified atom stereocenters. The second-order valence-electron chi connectivity index (χ2n) is 13.1. The van der Waals surface area contributed by atoms with Crippen LogP contribution in [0.4, 0.5) is 0 Å². The fraction of sp³-hybridized carbons (Fsp3) is 1.00. The third kappa shape index (κ3) is 3.56. The summed E-state index contributed by atoms with van der Waals surface area (Å²) in [7, 11) is 0. The molecule has 5 fully saturated rings. The van der Waals surface area contributed by atoms with Crippen molar-refractivity contribution in [3.8, 4) is 0 Å². The van der Waals surface area contributed by atoms with Crippen molar-refractivity contribution in [2.45, 2.75) is 134 Å². The Balaban J connectivity index is 1.29. The lowest BCUT2D eigenvalue weighted by Gasteiger charge is -2.64. The first kappa shape index (κ1) is 25.4. The molecule has 0 spiro atoms. The molecule has 0 radical (unpaired) electrons. The molecule has 7 nitrogen and oxygen atoms in total. The molecule has 1 saturated heterocycles. The lowest BCUT2D eigenvalue weighted by molar-refractivity contribution is -0.309. The minimum atomic E-state index is -1.26. The Morgan fingerprint density at radius 2 is 1.65 bits per heavy atom. The van der Waals surface area contributed by atoms with Crippen LogP contribution in [0.25, 0.3) is 0 Å². The van der Waals surface area contributed by atoms with E-state index in [1.165, 1.54) is 6.42 Å². The van der Waals surface area contributed by atoms with Crippen molar-refractivity contribution in [1.82, 2.24) is 0 Å². The predicted molar refractivity (Wildman–Crippen MR) is 128 cm³/mol. The second-order valence-corrected chi connectivity index (χ2v) is 13.1. The first-order valence-electron chi connectivity index (χ1n) is 13.7. The summed E-state index contributed by atoms with van der Waals surface area (Å²) >= 11 is 0. The van der Waals surface area contributed by atoms with Crippen LogP contribution >= 0.6 is 0 Å². The molecular formula is C27H47NO6. The van der Waals surface area contributed by atoms with Crippen LogP contribution in [0.3, 0.4) is 0 Å². The Morgan fingerprint density at radius 1 is 0.912 bits per heavy atom. The molecule has 0 amide bonds. The molecule has 0 aromatic rings. The van der Waals surface area contributed by atoms with Crippen molar-refractivity contribution < 1.29 is 29.9 Å². The Kier molecular flexibility index (Phi) is 6.45. The van der Waals surface area contributed by atoms with Gasteiger partial charge in [0.25, 0.3) is 0 Å². The van der Waals surface area contributed by atoms with Crippen LogP contribution in [0.2, 0.25) is 0 Å². The summed E-state index contributed by atoms with van der Waals surface area (Å²) in [6, 6.07) is 0. The Labute approximate surface area is 204 Å². The summed E-state index contributed by atoms with van der Waals surface area (Å²) in [4.78, 5) is 0. The molecule has 5 rings (SSSR count). The molecule has 5 aliphatic rings. The molecule has 6 N–H and O–H groups in total. The third-order valence-corrected chi connectivity index (χ3v) is 11.7. The third-order valence-electron chi connectivity index (χ3n) is 11.7. The van der Waals surface area contributed by atoms with E-state index in [0.717, 1.165) is 51.4 Å². The molecule has 1 heterocycles. The zero-order chi connectivity index (χ0) is 24.6. The van der Waals surface area contributed by atoms with Gasteiger partial charge in [0.05, 0.1) is 18.3 Å². The van der Waals surface area contributed by atoms with E-state index < -0.39 is 30.7 Å². The van der Waals surface area contributed by atoms with E-state index in [2.05, 4.69) is 13.8 Å². The largest absolute Gasteiger partial charge is 0.393 e. The zero-order valence-electron chi connectivity index (χ0n) is 21.4. The summed E-state index contributed by atoms with van der Waals surface area (Å²) in [5, 5.41) is 41.0. The molecule has 34 heavy (non-hydrogen) atoms. The number of hydrogen-bond acceptors (Lipinski definition) is 7. The zero-order valence-corrected chi connectivity index (χ0v) is 21.4. The highest BCUT2D eigenvalue weighted by Gasteiger charge is 2.66. The molecule has 4 saturated carbocycles. The van der Waals surface area contributed by atoms with Crippen LogP contribution in [0.15, 0.2) is 0 Å². The molecule has 196 valence electrons. The molecule has 0 bridgehead atoms.